The van der Waals surface area contributed by atoms with Crippen LogP contribution in [0.15, 0.2) is 48.5 Å². The van der Waals surface area contributed by atoms with Crippen LogP contribution in [0.3, 0.4) is 0 Å². The van der Waals surface area contributed by atoms with E-state index >= 15 is 0 Å². The standard InChI is InChI=1S/C18H22FN/c1-14-7-3-4-8-15(14)11-12-17(20-2)13-16-9-5-6-10-18(16)19/h3-10,17,20H,11-13H2,1-2H3. The molecular weight excluding hydrogens is 249 g/mol. The highest BCUT2D eigenvalue weighted by Crippen LogP contribution is 2.14. The normalized spacial score (nSPS) is 12.3. The zero-order valence-corrected chi connectivity index (χ0v) is 12.2. The molecule has 0 aliphatic carbocycles. The van der Waals surface area contributed by atoms with Crippen LogP contribution in [0.2, 0.25) is 0 Å². The number of likely N-dealkylation sites (N-methyl/N-ethyl adjacent to an activating group) is 1. The lowest BCUT2D eigenvalue weighted by molar-refractivity contribution is 0.504. The second-order valence-electron chi connectivity index (χ2n) is 5.25. The monoisotopic (exact) mass is 271 g/mol. The lowest BCUT2D eigenvalue weighted by Crippen LogP contribution is -2.28. The van der Waals surface area contributed by atoms with Crippen molar-refractivity contribution in [1.29, 1.82) is 0 Å². The molecule has 0 fully saturated rings. The van der Waals surface area contributed by atoms with Gasteiger partial charge in [-0.15, -0.1) is 0 Å². The molecule has 1 N–H and O–H groups in total. The average Bonchev–Trinajstić information content (AvgIpc) is 2.47. The summed E-state index contributed by atoms with van der Waals surface area (Å²) in [6.07, 6.45) is 2.76. The first-order valence-corrected chi connectivity index (χ1v) is 7.16. The first-order valence-electron chi connectivity index (χ1n) is 7.16. The Kier molecular flexibility index (Phi) is 5.31. The highest BCUT2D eigenvalue weighted by molar-refractivity contribution is 5.26. The first-order chi connectivity index (χ1) is 9.70. The zero-order valence-electron chi connectivity index (χ0n) is 12.2. The molecule has 2 rings (SSSR count). The predicted molar refractivity (Wildman–Crippen MR) is 82.5 cm³/mol. The summed E-state index contributed by atoms with van der Waals surface area (Å²) in [5.41, 5.74) is 3.49. The minimum Gasteiger partial charge on any atom is -0.317 e. The lowest BCUT2D eigenvalue weighted by atomic mass is 9.97. The minimum absolute atomic E-state index is 0.108. The van der Waals surface area contributed by atoms with E-state index in [9.17, 15) is 4.39 Å². The molecule has 0 amide bonds. The third kappa shape index (κ3) is 3.91. The molecule has 0 spiro atoms. The Hall–Kier alpha value is -1.67. The summed E-state index contributed by atoms with van der Waals surface area (Å²) in [5.74, 6) is -0.108. The maximum Gasteiger partial charge on any atom is 0.126 e. The van der Waals surface area contributed by atoms with Crippen LogP contribution in [0, 0.1) is 12.7 Å². The maximum atomic E-state index is 13.7. The molecule has 1 unspecified atom stereocenters. The zero-order chi connectivity index (χ0) is 14.4. The highest BCUT2D eigenvalue weighted by atomic mass is 19.1. The van der Waals surface area contributed by atoms with Gasteiger partial charge in [-0.1, -0.05) is 42.5 Å². The molecule has 0 saturated heterocycles. The number of hydrogen-bond donors (Lipinski definition) is 1. The average molecular weight is 271 g/mol. The smallest absolute Gasteiger partial charge is 0.126 e. The third-order valence-electron chi connectivity index (χ3n) is 3.86. The maximum absolute atomic E-state index is 13.7. The number of benzene rings is 2. The number of hydrogen-bond acceptors (Lipinski definition) is 1. The Morgan fingerprint density at radius 2 is 1.65 bits per heavy atom. The molecule has 2 heteroatoms. The summed E-state index contributed by atoms with van der Waals surface area (Å²) >= 11 is 0. The van der Waals surface area contributed by atoms with Gasteiger partial charge in [-0.2, -0.15) is 0 Å². The topological polar surface area (TPSA) is 12.0 Å². The molecule has 2 aromatic carbocycles. The van der Waals surface area contributed by atoms with E-state index in [1.807, 2.05) is 19.2 Å². The molecule has 20 heavy (non-hydrogen) atoms. The number of aryl methyl sites for hydroxylation is 2. The van der Waals surface area contributed by atoms with Gasteiger partial charge in [0, 0.05) is 6.04 Å². The van der Waals surface area contributed by atoms with E-state index in [2.05, 4.69) is 36.5 Å². The molecule has 0 heterocycles. The number of halogens is 1. The fraction of sp³-hybridized carbons (Fsp3) is 0.333. The molecule has 0 saturated carbocycles. The van der Waals surface area contributed by atoms with Crippen LogP contribution in [0.25, 0.3) is 0 Å². The van der Waals surface area contributed by atoms with Gasteiger partial charge in [0.25, 0.3) is 0 Å². The summed E-state index contributed by atoms with van der Waals surface area (Å²) < 4.78 is 13.7. The van der Waals surface area contributed by atoms with Gasteiger partial charge in [0.2, 0.25) is 0 Å². The minimum atomic E-state index is -0.108. The molecular formula is C18H22FN. The Morgan fingerprint density at radius 3 is 2.30 bits per heavy atom. The van der Waals surface area contributed by atoms with Crippen LogP contribution in [-0.2, 0) is 12.8 Å². The molecule has 1 nitrogen and oxygen atoms in total. The van der Waals surface area contributed by atoms with E-state index in [4.69, 9.17) is 0 Å². The van der Waals surface area contributed by atoms with Gasteiger partial charge in [0.05, 0.1) is 0 Å². The van der Waals surface area contributed by atoms with Crippen LogP contribution < -0.4 is 5.32 Å². The van der Waals surface area contributed by atoms with Crippen LogP contribution in [0.1, 0.15) is 23.1 Å². The number of nitrogens with one attached hydrogen (secondary N) is 1. The number of rotatable bonds is 6. The first kappa shape index (κ1) is 14.7. The molecule has 0 aliphatic heterocycles. The van der Waals surface area contributed by atoms with Crippen molar-refractivity contribution in [3.05, 3.63) is 71.0 Å². The van der Waals surface area contributed by atoms with Crippen molar-refractivity contribution in [3.63, 3.8) is 0 Å². The SMILES string of the molecule is CNC(CCc1ccccc1C)Cc1ccccc1F. The van der Waals surface area contributed by atoms with Crippen molar-refractivity contribution in [2.45, 2.75) is 32.2 Å². The fourth-order valence-corrected chi connectivity index (χ4v) is 2.50. The van der Waals surface area contributed by atoms with Crippen LogP contribution in [-0.4, -0.2) is 13.1 Å². The van der Waals surface area contributed by atoms with E-state index < -0.39 is 0 Å². The van der Waals surface area contributed by atoms with Crippen molar-refractivity contribution in [2.75, 3.05) is 7.05 Å². The van der Waals surface area contributed by atoms with Crippen molar-refractivity contribution in [3.8, 4) is 0 Å². The molecule has 2 aromatic rings. The molecule has 0 aliphatic rings. The molecule has 0 radical (unpaired) electrons. The van der Waals surface area contributed by atoms with Crippen molar-refractivity contribution in [2.24, 2.45) is 0 Å². The third-order valence-corrected chi connectivity index (χ3v) is 3.86. The quantitative estimate of drug-likeness (QED) is 0.840. The molecule has 1 atom stereocenters. The van der Waals surface area contributed by atoms with Gasteiger partial charge >= 0.3 is 0 Å². The van der Waals surface area contributed by atoms with Gasteiger partial charge in [-0.25, -0.2) is 4.39 Å². The van der Waals surface area contributed by atoms with Crippen LogP contribution >= 0.6 is 0 Å². The largest absolute Gasteiger partial charge is 0.317 e. The van der Waals surface area contributed by atoms with Gasteiger partial charge in [0.1, 0.15) is 5.82 Å². The predicted octanol–water partition coefficient (Wildman–Crippen LogP) is 3.90. The Labute approximate surface area is 120 Å². The second-order valence-corrected chi connectivity index (χ2v) is 5.25. The summed E-state index contributed by atoms with van der Waals surface area (Å²) in [7, 11) is 1.95. The van der Waals surface area contributed by atoms with Gasteiger partial charge in [0.15, 0.2) is 0 Å². The van der Waals surface area contributed by atoms with E-state index in [-0.39, 0.29) is 5.82 Å². The van der Waals surface area contributed by atoms with E-state index in [0.717, 1.165) is 24.8 Å². The van der Waals surface area contributed by atoms with Gasteiger partial charge < -0.3 is 5.32 Å². The summed E-state index contributed by atoms with van der Waals surface area (Å²) in [4.78, 5) is 0. The second kappa shape index (κ2) is 7.20. The van der Waals surface area contributed by atoms with Crippen LogP contribution in [0.5, 0.6) is 0 Å². The van der Waals surface area contributed by atoms with E-state index in [1.54, 1.807) is 6.07 Å². The summed E-state index contributed by atoms with van der Waals surface area (Å²) in [6, 6.07) is 15.8. The fourth-order valence-electron chi connectivity index (χ4n) is 2.50. The highest BCUT2D eigenvalue weighted by Gasteiger charge is 2.11. The van der Waals surface area contributed by atoms with Gasteiger partial charge in [-0.05, 0) is 56.0 Å². The van der Waals surface area contributed by atoms with Crippen molar-refractivity contribution < 1.29 is 4.39 Å². The van der Waals surface area contributed by atoms with E-state index in [1.165, 1.54) is 17.2 Å². The van der Waals surface area contributed by atoms with Crippen molar-refractivity contribution in [1.82, 2.24) is 5.32 Å². The molecule has 0 bridgehead atoms. The Bertz CT molecular complexity index is 551. The summed E-state index contributed by atoms with van der Waals surface area (Å²) in [5, 5.41) is 3.30. The van der Waals surface area contributed by atoms with E-state index in [0.29, 0.717) is 6.04 Å². The molecule has 106 valence electrons. The Morgan fingerprint density at radius 1 is 1.00 bits per heavy atom. The molecule has 0 aromatic heterocycles. The summed E-state index contributed by atoms with van der Waals surface area (Å²) in [6.45, 7) is 2.14. The van der Waals surface area contributed by atoms with Crippen molar-refractivity contribution >= 4 is 0 Å². The lowest BCUT2D eigenvalue weighted by Gasteiger charge is -2.17. The van der Waals surface area contributed by atoms with Gasteiger partial charge in [-0.3, -0.25) is 0 Å². The Balaban J connectivity index is 1.96. The van der Waals surface area contributed by atoms with Crippen LogP contribution in [0.4, 0.5) is 4.39 Å².